The molecule has 0 heterocycles. The summed E-state index contributed by atoms with van der Waals surface area (Å²) < 4.78 is 0. The van der Waals surface area contributed by atoms with Crippen LogP contribution in [0.3, 0.4) is 0 Å². The van der Waals surface area contributed by atoms with Crippen molar-refractivity contribution in [3.63, 3.8) is 0 Å². The first-order valence-electron chi connectivity index (χ1n) is 6.27. The number of rotatable bonds is 6. The zero-order chi connectivity index (χ0) is 13.5. The van der Waals surface area contributed by atoms with Crippen LogP contribution < -0.4 is 5.32 Å². The molecule has 4 nitrogen and oxygen atoms in total. The van der Waals surface area contributed by atoms with Crippen LogP contribution in [0.1, 0.15) is 18.1 Å². The molecule has 1 aromatic rings. The molecule has 2 N–H and O–H groups in total. The summed E-state index contributed by atoms with van der Waals surface area (Å²) in [5, 5.41) is 11.8. The lowest BCUT2D eigenvalue weighted by atomic mass is 10.1. The number of likely N-dealkylation sites (N-methyl/N-ethyl adjacent to an activating group) is 1. The Morgan fingerprint density at radius 1 is 1.39 bits per heavy atom. The van der Waals surface area contributed by atoms with E-state index < -0.39 is 0 Å². The SMILES string of the molecule is CCN(CCO)CC(=O)Nc1cccc(C)c1C. The van der Waals surface area contributed by atoms with Gasteiger partial charge in [0.1, 0.15) is 0 Å². The lowest BCUT2D eigenvalue weighted by molar-refractivity contribution is -0.117. The molecule has 0 aliphatic carbocycles. The molecule has 0 radical (unpaired) electrons. The van der Waals surface area contributed by atoms with E-state index in [-0.39, 0.29) is 12.5 Å². The molecule has 0 bridgehead atoms. The van der Waals surface area contributed by atoms with Crippen molar-refractivity contribution in [2.45, 2.75) is 20.8 Å². The first-order valence-corrected chi connectivity index (χ1v) is 6.27. The fourth-order valence-corrected chi connectivity index (χ4v) is 1.77. The highest BCUT2D eigenvalue weighted by Crippen LogP contribution is 2.17. The molecule has 1 rings (SSSR count). The fourth-order valence-electron chi connectivity index (χ4n) is 1.77. The maximum absolute atomic E-state index is 11.9. The Hall–Kier alpha value is -1.39. The number of anilines is 1. The van der Waals surface area contributed by atoms with E-state index in [0.717, 1.165) is 23.4 Å². The van der Waals surface area contributed by atoms with Gasteiger partial charge in [0.15, 0.2) is 0 Å². The highest BCUT2D eigenvalue weighted by molar-refractivity contribution is 5.93. The Bertz CT molecular complexity index is 405. The highest BCUT2D eigenvalue weighted by atomic mass is 16.3. The van der Waals surface area contributed by atoms with Gasteiger partial charge in [0.2, 0.25) is 5.91 Å². The van der Waals surface area contributed by atoms with Gasteiger partial charge in [-0.2, -0.15) is 0 Å². The van der Waals surface area contributed by atoms with E-state index in [1.54, 1.807) is 0 Å². The second-order valence-corrected chi connectivity index (χ2v) is 4.39. The summed E-state index contributed by atoms with van der Waals surface area (Å²) in [7, 11) is 0. The maximum Gasteiger partial charge on any atom is 0.238 e. The van der Waals surface area contributed by atoms with Crippen molar-refractivity contribution in [2.24, 2.45) is 0 Å². The number of amides is 1. The van der Waals surface area contributed by atoms with Crippen molar-refractivity contribution in [3.8, 4) is 0 Å². The average molecular weight is 250 g/mol. The summed E-state index contributed by atoms with van der Waals surface area (Å²) in [5.41, 5.74) is 3.12. The molecule has 0 atom stereocenters. The summed E-state index contributed by atoms with van der Waals surface area (Å²) in [5.74, 6) is -0.0426. The third kappa shape index (κ3) is 4.13. The predicted octanol–water partition coefficient (Wildman–Crippen LogP) is 1.56. The molecular weight excluding hydrogens is 228 g/mol. The van der Waals surface area contributed by atoms with Crippen LogP contribution in [-0.2, 0) is 4.79 Å². The molecule has 0 aliphatic rings. The van der Waals surface area contributed by atoms with E-state index in [1.165, 1.54) is 0 Å². The number of hydrogen-bond acceptors (Lipinski definition) is 3. The standard InChI is InChI=1S/C14H22N2O2/c1-4-16(8-9-17)10-14(18)15-13-7-5-6-11(2)12(13)3/h5-7,17H,4,8-10H2,1-3H3,(H,15,18). The molecule has 0 saturated carbocycles. The van der Waals surface area contributed by atoms with E-state index >= 15 is 0 Å². The first-order chi connectivity index (χ1) is 8.58. The van der Waals surface area contributed by atoms with Gasteiger partial charge in [-0.3, -0.25) is 9.69 Å². The van der Waals surface area contributed by atoms with Crippen molar-refractivity contribution in [3.05, 3.63) is 29.3 Å². The number of aliphatic hydroxyl groups excluding tert-OH is 1. The Balaban J connectivity index is 2.61. The largest absolute Gasteiger partial charge is 0.395 e. The minimum absolute atomic E-state index is 0.0426. The lowest BCUT2D eigenvalue weighted by Crippen LogP contribution is -2.35. The number of aryl methyl sites for hydroxylation is 1. The Morgan fingerprint density at radius 3 is 2.72 bits per heavy atom. The molecule has 0 fully saturated rings. The lowest BCUT2D eigenvalue weighted by Gasteiger charge is -2.19. The number of aliphatic hydroxyl groups is 1. The molecule has 1 aromatic carbocycles. The molecule has 4 heteroatoms. The third-order valence-corrected chi connectivity index (χ3v) is 3.11. The monoisotopic (exact) mass is 250 g/mol. The van der Waals surface area contributed by atoms with Gasteiger partial charge in [0.25, 0.3) is 0 Å². The van der Waals surface area contributed by atoms with E-state index in [1.807, 2.05) is 43.9 Å². The second-order valence-electron chi connectivity index (χ2n) is 4.39. The summed E-state index contributed by atoms with van der Waals surface area (Å²) in [6.45, 7) is 7.65. The molecule has 100 valence electrons. The number of benzene rings is 1. The van der Waals surface area contributed by atoms with Crippen molar-refractivity contribution >= 4 is 11.6 Å². The highest BCUT2D eigenvalue weighted by Gasteiger charge is 2.10. The van der Waals surface area contributed by atoms with Crippen LogP contribution in [0.5, 0.6) is 0 Å². The first kappa shape index (κ1) is 14.7. The minimum Gasteiger partial charge on any atom is -0.395 e. The van der Waals surface area contributed by atoms with Gasteiger partial charge in [-0.15, -0.1) is 0 Å². The predicted molar refractivity (Wildman–Crippen MR) is 73.7 cm³/mol. The van der Waals surface area contributed by atoms with Gasteiger partial charge in [0.05, 0.1) is 13.2 Å². The quantitative estimate of drug-likeness (QED) is 0.805. The smallest absolute Gasteiger partial charge is 0.238 e. The Kier molecular flexibility index (Phi) is 5.82. The fraction of sp³-hybridized carbons (Fsp3) is 0.500. The van der Waals surface area contributed by atoms with Gasteiger partial charge >= 0.3 is 0 Å². The van der Waals surface area contributed by atoms with Crippen LogP contribution in [0.25, 0.3) is 0 Å². The summed E-state index contributed by atoms with van der Waals surface area (Å²) >= 11 is 0. The molecule has 0 aromatic heterocycles. The van der Waals surface area contributed by atoms with Crippen LogP contribution in [-0.4, -0.2) is 42.2 Å². The zero-order valence-corrected chi connectivity index (χ0v) is 11.4. The van der Waals surface area contributed by atoms with Gasteiger partial charge in [-0.05, 0) is 37.6 Å². The molecule has 18 heavy (non-hydrogen) atoms. The molecule has 0 aliphatic heterocycles. The van der Waals surface area contributed by atoms with E-state index in [0.29, 0.717) is 13.1 Å². The van der Waals surface area contributed by atoms with E-state index in [9.17, 15) is 4.79 Å². The average Bonchev–Trinajstić information content (AvgIpc) is 2.34. The van der Waals surface area contributed by atoms with Crippen LogP contribution >= 0.6 is 0 Å². The van der Waals surface area contributed by atoms with E-state index in [2.05, 4.69) is 5.32 Å². The Labute approximate surface area is 109 Å². The third-order valence-electron chi connectivity index (χ3n) is 3.11. The number of carbonyl (C=O) groups is 1. The summed E-state index contributed by atoms with van der Waals surface area (Å²) in [4.78, 5) is 13.8. The molecule has 0 unspecified atom stereocenters. The topological polar surface area (TPSA) is 52.6 Å². The van der Waals surface area contributed by atoms with E-state index in [4.69, 9.17) is 5.11 Å². The van der Waals surface area contributed by atoms with Crippen LogP contribution in [0, 0.1) is 13.8 Å². The van der Waals surface area contributed by atoms with Crippen LogP contribution in [0.15, 0.2) is 18.2 Å². The molecule has 0 saturated heterocycles. The number of nitrogens with one attached hydrogen (secondary N) is 1. The second kappa shape index (κ2) is 7.13. The van der Waals surface area contributed by atoms with Crippen molar-refractivity contribution in [1.82, 2.24) is 4.90 Å². The van der Waals surface area contributed by atoms with Crippen molar-refractivity contribution in [1.29, 1.82) is 0 Å². The zero-order valence-electron chi connectivity index (χ0n) is 11.4. The van der Waals surface area contributed by atoms with Crippen molar-refractivity contribution < 1.29 is 9.90 Å². The van der Waals surface area contributed by atoms with Gasteiger partial charge in [-0.1, -0.05) is 19.1 Å². The number of hydrogen-bond donors (Lipinski definition) is 2. The molecule has 1 amide bonds. The molecular formula is C14H22N2O2. The summed E-state index contributed by atoms with van der Waals surface area (Å²) in [6.07, 6.45) is 0. The van der Waals surface area contributed by atoms with Crippen molar-refractivity contribution in [2.75, 3.05) is 31.6 Å². The molecule has 0 spiro atoms. The minimum atomic E-state index is -0.0426. The maximum atomic E-state index is 11.9. The normalized spacial score (nSPS) is 10.7. The number of carbonyl (C=O) groups excluding carboxylic acids is 1. The van der Waals surface area contributed by atoms with Crippen LogP contribution in [0.2, 0.25) is 0 Å². The van der Waals surface area contributed by atoms with Gasteiger partial charge in [0, 0.05) is 12.2 Å². The summed E-state index contributed by atoms with van der Waals surface area (Å²) in [6, 6.07) is 5.86. The van der Waals surface area contributed by atoms with Crippen LogP contribution in [0.4, 0.5) is 5.69 Å². The van der Waals surface area contributed by atoms with Gasteiger partial charge in [-0.25, -0.2) is 0 Å². The van der Waals surface area contributed by atoms with Gasteiger partial charge < -0.3 is 10.4 Å². The number of nitrogens with zero attached hydrogens (tertiary/aromatic N) is 1. The Morgan fingerprint density at radius 2 is 2.11 bits per heavy atom.